The summed E-state index contributed by atoms with van der Waals surface area (Å²) in [5.41, 5.74) is 1.15. The molecule has 0 unspecified atom stereocenters. The standard InChI is InChI=1S/C16H16N2O3/c1-18-8-6-11(10-15(18)19)16(20)17-13-7-9-21-14-5-3-2-4-12(13)14/h2-6,8,10,13H,7,9H2,1H3,(H,17,20)/t13-/m1/s1. The molecule has 0 bridgehead atoms. The molecule has 0 saturated heterocycles. The number of nitrogens with zero attached hydrogens (tertiary/aromatic N) is 1. The first-order chi connectivity index (χ1) is 10.1. The predicted octanol–water partition coefficient (Wildman–Crippen LogP) is 1.64. The third-order valence-corrected chi connectivity index (χ3v) is 3.63. The second-order valence-corrected chi connectivity index (χ2v) is 5.07. The summed E-state index contributed by atoms with van der Waals surface area (Å²) >= 11 is 0. The Kier molecular flexibility index (Phi) is 3.48. The molecule has 0 aliphatic carbocycles. The van der Waals surface area contributed by atoms with Crippen molar-refractivity contribution in [2.75, 3.05) is 6.61 Å². The Morgan fingerprint density at radius 1 is 1.33 bits per heavy atom. The molecule has 5 heteroatoms. The largest absolute Gasteiger partial charge is 0.493 e. The first-order valence-electron chi connectivity index (χ1n) is 6.84. The van der Waals surface area contributed by atoms with Gasteiger partial charge in [-0.3, -0.25) is 9.59 Å². The summed E-state index contributed by atoms with van der Waals surface area (Å²) in [5, 5.41) is 2.97. The predicted molar refractivity (Wildman–Crippen MR) is 78.4 cm³/mol. The number of fused-ring (bicyclic) bond motifs is 1. The minimum Gasteiger partial charge on any atom is -0.493 e. The van der Waals surface area contributed by atoms with Gasteiger partial charge in [0.25, 0.3) is 11.5 Å². The van der Waals surface area contributed by atoms with E-state index in [0.29, 0.717) is 18.6 Å². The zero-order chi connectivity index (χ0) is 14.8. The van der Waals surface area contributed by atoms with Gasteiger partial charge in [0.2, 0.25) is 0 Å². The van der Waals surface area contributed by atoms with Gasteiger partial charge < -0.3 is 14.6 Å². The van der Waals surface area contributed by atoms with Crippen molar-refractivity contribution in [2.45, 2.75) is 12.5 Å². The molecule has 5 nitrogen and oxygen atoms in total. The van der Waals surface area contributed by atoms with Crippen molar-refractivity contribution >= 4 is 5.91 Å². The van der Waals surface area contributed by atoms with E-state index in [1.807, 2.05) is 24.3 Å². The fourth-order valence-electron chi connectivity index (χ4n) is 2.42. The Morgan fingerprint density at radius 3 is 2.95 bits per heavy atom. The van der Waals surface area contributed by atoms with Gasteiger partial charge in [0.1, 0.15) is 5.75 Å². The Balaban J connectivity index is 1.82. The van der Waals surface area contributed by atoms with Gasteiger partial charge >= 0.3 is 0 Å². The van der Waals surface area contributed by atoms with Crippen LogP contribution in [0.5, 0.6) is 5.75 Å². The van der Waals surface area contributed by atoms with Crippen LogP contribution in [0.3, 0.4) is 0 Å². The summed E-state index contributed by atoms with van der Waals surface area (Å²) in [6.45, 7) is 0.568. The molecular weight excluding hydrogens is 268 g/mol. The smallest absolute Gasteiger partial charge is 0.252 e. The van der Waals surface area contributed by atoms with Gasteiger partial charge in [-0.2, -0.15) is 0 Å². The summed E-state index contributed by atoms with van der Waals surface area (Å²) < 4.78 is 7.00. The molecule has 1 aliphatic heterocycles. The van der Waals surface area contributed by atoms with Crippen LogP contribution in [0.4, 0.5) is 0 Å². The van der Waals surface area contributed by atoms with E-state index in [-0.39, 0.29) is 17.5 Å². The number of aromatic nitrogens is 1. The highest BCUT2D eigenvalue weighted by Crippen LogP contribution is 2.31. The number of para-hydroxylation sites is 1. The first-order valence-corrected chi connectivity index (χ1v) is 6.84. The van der Waals surface area contributed by atoms with Crippen LogP contribution < -0.4 is 15.6 Å². The Morgan fingerprint density at radius 2 is 2.14 bits per heavy atom. The molecule has 1 atom stereocenters. The number of hydrogen-bond acceptors (Lipinski definition) is 3. The van der Waals surface area contributed by atoms with E-state index in [1.165, 1.54) is 10.6 Å². The van der Waals surface area contributed by atoms with E-state index in [1.54, 1.807) is 19.3 Å². The topological polar surface area (TPSA) is 60.3 Å². The SMILES string of the molecule is Cn1ccc(C(=O)N[C@@H]2CCOc3ccccc32)cc1=O. The lowest BCUT2D eigenvalue weighted by Crippen LogP contribution is -2.33. The molecule has 2 aromatic rings. The maximum Gasteiger partial charge on any atom is 0.252 e. The van der Waals surface area contributed by atoms with Crippen LogP contribution in [-0.4, -0.2) is 17.1 Å². The normalized spacial score (nSPS) is 16.7. The average molecular weight is 284 g/mol. The number of amides is 1. The van der Waals surface area contributed by atoms with Crippen molar-refractivity contribution in [3.05, 3.63) is 64.1 Å². The zero-order valence-electron chi connectivity index (χ0n) is 11.7. The highest BCUT2D eigenvalue weighted by atomic mass is 16.5. The molecule has 1 aromatic carbocycles. The van der Waals surface area contributed by atoms with Crippen molar-refractivity contribution in [2.24, 2.45) is 7.05 Å². The van der Waals surface area contributed by atoms with Crippen LogP contribution >= 0.6 is 0 Å². The highest BCUT2D eigenvalue weighted by molar-refractivity contribution is 5.94. The molecule has 1 aliphatic rings. The molecule has 0 fully saturated rings. The molecule has 21 heavy (non-hydrogen) atoms. The Hall–Kier alpha value is -2.56. The van der Waals surface area contributed by atoms with E-state index >= 15 is 0 Å². The van der Waals surface area contributed by atoms with Crippen LogP contribution in [0.1, 0.15) is 28.4 Å². The summed E-state index contributed by atoms with van der Waals surface area (Å²) in [6, 6.07) is 10.6. The summed E-state index contributed by atoms with van der Waals surface area (Å²) in [7, 11) is 1.65. The number of hydrogen-bond donors (Lipinski definition) is 1. The van der Waals surface area contributed by atoms with Crippen molar-refractivity contribution in [1.82, 2.24) is 9.88 Å². The number of carbonyl (C=O) groups is 1. The maximum absolute atomic E-state index is 12.3. The van der Waals surface area contributed by atoms with Gasteiger partial charge in [0.05, 0.1) is 12.6 Å². The third-order valence-electron chi connectivity index (χ3n) is 3.63. The maximum atomic E-state index is 12.3. The molecule has 108 valence electrons. The third kappa shape index (κ3) is 2.67. The fourth-order valence-corrected chi connectivity index (χ4v) is 2.42. The number of benzene rings is 1. The summed E-state index contributed by atoms with van der Waals surface area (Å²) in [5.74, 6) is 0.562. The summed E-state index contributed by atoms with van der Waals surface area (Å²) in [6.07, 6.45) is 2.31. The molecule has 1 N–H and O–H groups in total. The molecule has 0 saturated carbocycles. The van der Waals surface area contributed by atoms with Crippen LogP contribution in [0, 0.1) is 0 Å². The van der Waals surface area contributed by atoms with Crippen molar-refractivity contribution < 1.29 is 9.53 Å². The quantitative estimate of drug-likeness (QED) is 0.912. The van der Waals surface area contributed by atoms with Gasteiger partial charge in [0, 0.05) is 36.9 Å². The number of pyridine rings is 1. The monoisotopic (exact) mass is 284 g/mol. The van der Waals surface area contributed by atoms with Gasteiger partial charge in [0.15, 0.2) is 0 Å². The average Bonchev–Trinajstić information content (AvgIpc) is 2.50. The Bertz CT molecular complexity index is 736. The number of aryl methyl sites for hydroxylation is 1. The van der Waals surface area contributed by atoms with Gasteiger partial charge in [-0.05, 0) is 12.1 Å². The van der Waals surface area contributed by atoms with E-state index in [2.05, 4.69) is 5.32 Å². The molecule has 0 spiro atoms. The zero-order valence-corrected chi connectivity index (χ0v) is 11.7. The van der Waals surface area contributed by atoms with Crippen LogP contribution in [0.2, 0.25) is 0 Å². The van der Waals surface area contributed by atoms with E-state index in [9.17, 15) is 9.59 Å². The summed E-state index contributed by atoms with van der Waals surface area (Å²) in [4.78, 5) is 23.9. The Labute approximate surface area is 122 Å². The molecule has 1 aromatic heterocycles. The van der Waals surface area contributed by atoms with Crippen molar-refractivity contribution in [3.8, 4) is 5.75 Å². The van der Waals surface area contributed by atoms with Crippen molar-refractivity contribution in [1.29, 1.82) is 0 Å². The number of nitrogens with one attached hydrogen (secondary N) is 1. The van der Waals surface area contributed by atoms with Gasteiger partial charge in [-0.25, -0.2) is 0 Å². The van der Waals surface area contributed by atoms with E-state index in [4.69, 9.17) is 4.74 Å². The number of carbonyl (C=O) groups excluding carboxylic acids is 1. The van der Waals surface area contributed by atoms with Crippen LogP contribution in [0.25, 0.3) is 0 Å². The van der Waals surface area contributed by atoms with Gasteiger partial charge in [-0.15, -0.1) is 0 Å². The molecule has 3 rings (SSSR count). The molecule has 2 heterocycles. The van der Waals surface area contributed by atoms with Crippen LogP contribution in [0.15, 0.2) is 47.4 Å². The lowest BCUT2D eigenvalue weighted by molar-refractivity contribution is 0.0924. The highest BCUT2D eigenvalue weighted by Gasteiger charge is 2.23. The van der Waals surface area contributed by atoms with E-state index < -0.39 is 0 Å². The minimum atomic E-state index is -0.241. The fraction of sp³-hybridized carbons (Fsp3) is 0.250. The molecular formula is C16H16N2O3. The van der Waals surface area contributed by atoms with Crippen molar-refractivity contribution in [3.63, 3.8) is 0 Å². The number of rotatable bonds is 2. The lowest BCUT2D eigenvalue weighted by atomic mass is 10.0. The number of ether oxygens (including phenoxy) is 1. The first kappa shape index (κ1) is 13.4. The minimum absolute atomic E-state index is 0.0912. The van der Waals surface area contributed by atoms with Gasteiger partial charge in [-0.1, -0.05) is 18.2 Å². The van der Waals surface area contributed by atoms with Crippen LogP contribution in [-0.2, 0) is 7.05 Å². The second-order valence-electron chi connectivity index (χ2n) is 5.07. The van der Waals surface area contributed by atoms with E-state index in [0.717, 1.165) is 11.3 Å². The second kappa shape index (κ2) is 5.44. The lowest BCUT2D eigenvalue weighted by Gasteiger charge is -2.26. The molecule has 0 radical (unpaired) electrons. The molecule has 1 amide bonds.